The highest BCUT2D eigenvalue weighted by Gasteiger charge is 2.08. The van der Waals surface area contributed by atoms with Crippen molar-refractivity contribution >= 4 is 17.3 Å². The van der Waals surface area contributed by atoms with Crippen LogP contribution in [0.25, 0.3) is 0 Å². The van der Waals surface area contributed by atoms with E-state index in [1.165, 1.54) is 6.07 Å². The minimum Gasteiger partial charge on any atom is -0.374 e. The van der Waals surface area contributed by atoms with Gasteiger partial charge in [0.1, 0.15) is 5.82 Å². The SMILES string of the molecule is CCN(C)c1cc(F)c(C)cc1Cl. The number of nitrogens with zero attached hydrogens (tertiary/aromatic N) is 1. The summed E-state index contributed by atoms with van der Waals surface area (Å²) in [5.74, 6) is -0.209. The quantitative estimate of drug-likeness (QED) is 0.710. The zero-order valence-corrected chi connectivity index (χ0v) is 8.82. The normalized spacial score (nSPS) is 10.2. The third-order valence-electron chi connectivity index (χ3n) is 2.11. The molecule has 0 saturated carbocycles. The summed E-state index contributed by atoms with van der Waals surface area (Å²) in [5, 5.41) is 0.600. The molecule has 13 heavy (non-hydrogen) atoms. The van der Waals surface area contributed by atoms with Crippen LogP contribution in [0, 0.1) is 12.7 Å². The van der Waals surface area contributed by atoms with Gasteiger partial charge in [0, 0.05) is 13.6 Å². The Morgan fingerprint density at radius 1 is 1.46 bits per heavy atom. The molecule has 0 aliphatic carbocycles. The molecule has 1 nitrogen and oxygen atoms in total. The van der Waals surface area contributed by atoms with E-state index in [2.05, 4.69) is 0 Å². The average Bonchev–Trinajstić information content (AvgIpc) is 2.10. The summed E-state index contributed by atoms with van der Waals surface area (Å²) in [4.78, 5) is 1.91. The van der Waals surface area contributed by atoms with Crippen molar-refractivity contribution in [1.29, 1.82) is 0 Å². The van der Waals surface area contributed by atoms with E-state index in [1.807, 2.05) is 18.9 Å². The predicted octanol–water partition coefficient (Wildman–Crippen LogP) is 3.24. The molecule has 0 amide bonds. The molecule has 3 heteroatoms. The van der Waals surface area contributed by atoms with E-state index in [1.54, 1.807) is 13.0 Å². The van der Waals surface area contributed by atoms with Crippen molar-refractivity contribution in [2.45, 2.75) is 13.8 Å². The summed E-state index contributed by atoms with van der Waals surface area (Å²) in [7, 11) is 1.88. The smallest absolute Gasteiger partial charge is 0.128 e. The number of aryl methyl sites for hydroxylation is 1. The van der Waals surface area contributed by atoms with Crippen LogP contribution in [0.1, 0.15) is 12.5 Å². The summed E-state index contributed by atoms with van der Waals surface area (Å²) < 4.78 is 13.2. The Kier molecular flexibility index (Phi) is 3.15. The molecule has 0 fully saturated rings. The van der Waals surface area contributed by atoms with Gasteiger partial charge in [-0.05, 0) is 31.5 Å². The molecule has 0 heterocycles. The maximum absolute atomic E-state index is 13.2. The summed E-state index contributed by atoms with van der Waals surface area (Å²) >= 11 is 5.97. The van der Waals surface area contributed by atoms with Gasteiger partial charge in [0.2, 0.25) is 0 Å². The molecule has 0 saturated heterocycles. The first-order valence-electron chi connectivity index (χ1n) is 4.23. The monoisotopic (exact) mass is 201 g/mol. The lowest BCUT2D eigenvalue weighted by Crippen LogP contribution is -2.16. The third kappa shape index (κ3) is 2.13. The summed E-state index contributed by atoms with van der Waals surface area (Å²) in [6.07, 6.45) is 0. The van der Waals surface area contributed by atoms with Crippen LogP contribution in [0.3, 0.4) is 0 Å². The first-order valence-corrected chi connectivity index (χ1v) is 4.60. The van der Waals surface area contributed by atoms with Gasteiger partial charge in [-0.25, -0.2) is 4.39 Å². The Balaban J connectivity index is 3.15. The molecule has 0 bridgehead atoms. The minimum atomic E-state index is -0.209. The topological polar surface area (TPSA) is 3.24 Å². The van der Waals surface area contributed by atoms with Crippen molar-refractivity contribution in [3.8, 4) is 0 Å². The molecule has 1 aromatic carbocycles. The molecule has 0 aliphatic heterocycles. The molecule has 1 aromatic rings. The molecule has 0 spiro atoms. The first-order chi connectivity index (χ1) is 6.06. The van der Waals surface area contributed by atoms with Gasteiger partial charge in [-0.15, -0.1) is 0 Å². The second-order valence-electron chi connectivity index (χ2n) is 3.07. The number of benzene rings is 1. The van der Waals surface area contributed by atoms with E-state index in [9.17, 15) is 4.39 Å². The maximum atomic E-state index is 13.2. The van der Waals surface area contributed by atoms with Gasteiger partial charge in [0.15, 0.2) is 0 Å². The second-order valence-corrected chi connectivity index (χ2v) is 3.47. The lowest BCUT2D eigenvalue weighted by atomic mass is 10.2. The maximum Gasteiger partial charge on any atom is 0.128 e. The van der Waals surface area contributed by atoms with Crippen molar-refractivity contribution in [2.24, 2.45) is 0 Å². The van der Waals surface area contributed by atoms with Gasteiger partial charge < -0.3 is 4.90 Å². The van der Waals surface area contributed by atoms with Crippen molar-refractivity contribution in [2.75, 3.05) is 18.5 Å². The van der Waals surface area contributed by atoms with Gasteiger partial charge in [-0.1, -0.05) is 11.6 Å². The van der Waals surface area contributed by atoms with Gasteiger partial charge in [0.25, 0.3) is 0 Å². The summed E-state index contributed by atoms with van der Waals surface area (Å²) in [6.45, 7) is 4.51. The highest BCUT2D eigenvalue weighted by Crippen LogP contribution is 2.27. The molecule has 0 atom stereocenters. The lowest BCUT2D eigenvalue weighted by Gasteiger charge is -2.18. The van der Waals surface area contributed by atoms with Crippen molar-refractivity contribution in [3.63, 3.8) is 0 Å². The molecule has 1 rings (SSSR count). The predicted molar refractivity (Wildman–Crippen MR) is 55.1 cm³/mol. The molecule has 0 N–H and O–H groups in total. The fourth-order valence-electron chi connectivity index (χ4n) is 1.10. The lowest BCUT2D eigenvalue weighted by molar-refractivity contribution is 0.618. The number of hydrogen-bond acceptors (Lipinski definition) is 1. The number of anilines is 1. The Bertz CT molecular complexity index is 312. The fraction of sp³-hybridized carbons (Fsp3) is 0.400. The van der Waals surface area contributed by atoms with Crippen molar-refractivity contribution in [1.82, 2.24) is 0 Å². The molecular formula is C10H13ClFN. The third-order valence-corrected chi connectivity index (χ3v) is 2.42. The Morgan fingerprint density at radius 2 is 2.08 bits per heavy atom. The second kappa shape index (κ2) is 3.97. The van der Waals surface area contributed by atoms with Gasteiger partial charge >= 0.3 is 0 Å². The molecular weight excluding hydrogens is 189 g/mol. The average molecular weight is 202 g/mol. The van der Waals surface area contributed by atoms with Crippen molar-refractivity contribution in [3.05, 3.63) is 28.5 Å². The van der Waals surface area contributed by atoms with Gasteiger partial charge in [0.05, 0.1) is 10.7 Å². The number of halogens is 2. The Hall–Kier alpha value is -0.760. The Morgan fingerprint density at radius 3 is 2.62 bits per heavy atom. The zero-order valence-electron chi connectivity index (χ0n) is 8.06. The van der Waals surface area contributed by atoms with E-state index < -0.39 is 0 Å². The number of hydrogen-bond donors (Lipinski definition) is 0. The van der Waals surface area contributed by atoms with Gasteiger partial charge in [-0.2, -0.15) is 0 Å². The van der Waals surface area contributed by atoms with Crippen LogP contribution in [0.2, 0.25) is 5.02 Å². The van der Waals surface area contributed by atoms with Crippen LogP contribution in [-0.2, 0) is 0 Å². The van der Waals surface area contributed by atoms with E-state index in [-0.39, 0.29) is 5.82 Å². The van der Waals surface area contributed by atoms with Crippen LogP contribution in [0.5, 0.6) is 0 Å². The molecule has 0 radical (unpaired) electrons. The van der Waals surface area contributed by atoms with Crippen LogP contribution in [0.4, 0.5) is 10.1 Å². The standard InChI is InChI=1S/C10H13ClFN/c1-4-13(3)10-6-9(12)7(2)5-8(10)11/h5-6H,4H2,1-3H3. The molecule has 0 unspecified atom stereocenters. The van der Waals surface area contributed by atoms with Crippen LogP contribution >= 0.6 is 11.6 Å². The minimum absolute atomic E-state index is 0.209. The van der Waals surface area contributed by atoms with E-state index >= 15 is 0 Å². The zero-order chi connectivity index (χ0) is 10.0. The van der Waals surface area contributed by atoms with Crippen LogP contribution in [0.15, 0.2) is 12.1 Å². The van der Waals surface area contributed by atoms with E-state index in [0.29, 0.717) is 10.6 Å². The van der Waals surface area contributed by atoms with Crippen LogP contribution < -0.4 is 4.90 Å². The van der Waals surface area contributed by atoms with Crippen LogP contribution in [-0.4, -0.2) is 13.6 Å². The Labute approximate surface area is 83.1 Å². The highest BCUT2D eigenvalue weighted by atomic mass is 35.5. The van der Waals surface area contributed by atoms with E-state index in [4.69, 9.17) is 11.6 Å². The fourth-order valence-corrected chi connectivity index (χ4v) is 1.46. The van der Waals surface area contributed by atoms with Gasteiger partial charge in [-0.3, -0.25) is 0 Å². The number of rotatable bonds is 2. The molecule has 72 valence electrons. The highest BCUT2D eigenvalue weighted by molar-refractivity contribution is 6.33. The summed E-state index contributed by atoms with van der Waals surface area (Å²) in [6, 6.07) is 3.12. The molecule has 0 aromatic heterocycles. The van der Waals surface area contributed by atoms with E-state index in [0.717, 1.165) is 12.2 Å². The largest absolute Gasteiger partial charge is 0.374 e. The van der Waals surface area contributed by atoms with Crippen molar-refractivity contribution < 1.29 is 4.39 Å². The first kappa shape index (κ1) is 10.3. The summed E-state index contributed by atoms with van der Waals surface area (Å²) in [5.41, 5.74) is 1.32. The molecule has 0 aliphatic rings.